The number of sulfone groups is 1. The van der Waals surface area contributed by atoms with E-state index in [1.807, 2.05) is 0 Å². The van der Waals surface area contributed by atoms with Crippen LogP contribution in [-0.4, -0.2) is 83.3 Å². The van der Waals surface area contributed by atoms with Gasteiger partial charge in [0, 0.05) is 46.2 Å². The topological polar surface area (TPSA) is 83.0 Å². The Kier molecular flexibility index (Phi) is 7.31. The standard InChI is InChI=1S/C16H32N4O3S/c1-17-15(18-8-11-20-9-4-3-5-10-20)19-14-16(24(2,21)22)6-12-23-13-7-16/h3-14H2,1-2H3,(H2,17,18,19). The summed E-state index contributed by atoms with van der Waals surface area (Å²) in [6.45, 7) is 5.51. The molecular formula is C16H32N4O3S. The monoisotopic (exact) mass is 360 g/mol. The molecule has 0 aliphatic carbocycles. The van der Waals surface area contributed by atoms with E-state index in [4.69, 9.17) is 4.74 Å². The molecule has 0 amide bonds. The molecule has 2 heterocycles. The minimum atomic E-state index is -3.16. The van der Waals surface area contributed by atoms with E-state index in [1.165, 1.54) is 38.6 Å². The van der Waals surface area contributed by atoms with Crippen molar-refractivity contribution in [2.24, 2.45) is 4.99 Å². The summed E-state index contributed by atoms with van der Waals surface area (Å²) >= 11 is 0. The number of aliphatic imine (C=N–C) groups is 1. The van der Waals surface area contributed by atoms with Crippen LogP contribution in [0.3, 0.4) is 0 Å². The Hall–Kier alpha value is -0.860. The fourth-order valence-corrected chi connectivity index (χ4v) is 4.65. The predicted molar refractivity (Wildman–Crippen MR) is 97.3 cm³/mol. The molecule has 0 saturated carbocycles. The normalized spacial score (nSPS) is 23.0. The van der Waals surface area contributed by atoms with Crippen LogP contribution < -0.4 is 10.6 Å². The van der Waals surface area contributed by atoms with Crippen molar-refractivity contribution in [2.75, 3.05) is 59.2 Å². The Bertz CT molecular complexity index is 509. The number of guanidine groups is 1. The number of hydrogen-bond acceptors (Lipinski definition) is 5. The minimum Gasteiger partial charge on any atom is -0.381 e. The predicted octanol–water partition coefficient (Wildman–Crippen LogP) is 0.231. The molecule has 2 saturated heterocycles. The zero-order valence-corrected chi connectivity index (χ0v) is 15.8. The summed E-state index contributed by atoms with van der Waals surface area (Å²) < 4.78 is 29.1. The second kappa shape index (κ2) is 9.01. The van der Waals surface area contributed by atoms with Gasteiger partial charge in [-0.2, -0.15) is 0 Å². The molecule has 0 radical (unpaired) electrons. The van der Waals surface area contributed by atoms with E-state index in [2.05, 4.69) is 20.5 Å². The molecule has 140 valence electrons. The number of ether oxygens (including phenoxy) is 1. The average molecular weight is 361 g/mol. The number of rotatable bonds is 6. The first kappa shape index (κ1) is 19.5. The van der Waals surface area contributed by atoms with Crippen LogP contribution >= 0.6 is 0 Å². The summed E-state index contributed by atoms with van der Waals surface area (Å²) in [6, 6.07) is 0. The largest absolute Gasteiger partial charge is 0.381 e. The van der Waals surface area contributed by atoms with Gasteiger partial charge in [0.2, 0.25) is 0 Å². The maximum absolute atomic E-state index is 12.3. The number of nitrogens with zero attached hydrogens (tertiary/aromatic N) is 2. The second-order valence-corrected chi connectivity index (χ2v) is 9.23. The Labute approximate surface area is 146 Å². The third kappa shape index (κ3) is 5.32. The Morgan fingerprint density at radius 1 is 1.17 bits per heavy atom. The molecule has 0 spiro atoms. The average Bonchev–Trinajstić information content (AvgIpc) is 2.58. The fourth-order valence-electron chi connectivity index (χ4n) is 3.40. The molecule has 0 aromatic rings. The Morgan fingerprint density at radius 3 is 2.42 bits per heavy atom. The highest BCUT2D eigenvalue weighted by Crippen LogP contribution is 2.28. The lowest BCUT2D eigenvalue weighted by Gasteiger charge is -2.35. The highest BCUT2D eigenvalue weighted by molar-refractivity contribution is 7.92. The lowest BCUT2D eigenvalue weighted by Crippen LogP contribution is -2.54. The van der Waals surface area contributed by atoms with Crippen LogP contribution in [0, 0.1) is 0 Å². The van der Waals surface area contributed by atoms with Gasteiger partial charge in [0.25, 0.3) is 0 Å². The molecule has 8 heteroatoms. The van der Waals surface area contributed by atoms with Crippen molar-refractivity contribution >= 4 is 15.8 Å². The first-order valence-corrected chi connectivity index (χ1v) is 10.8. The third-order valence-electron chi connectivity index (χ3n) is 5.16. The Morgan fingerprint density at radius 2 is 1.83 bits per heavy atom. The van der Waals surface area contributed by atoms with E-state index >= 15 is 0 Å². The van der Waals surface area contributed by atoms with Crippen LogP contribution in [0.5, 0.6) is 0 Å². The van der Waals surface area contributed by atoms with Gasteiger partial charge >= 0.3 is 0 Å². The third-order valence-corrected chi connectivity index (χ3v) is 7.29. The van der Waals surface area contributed by atoms with Gasteiger partial charge in [0.15, 0.2) is 15.8 Å². The van der Waals surface area contributed by atoms with Gasteiger partial charge in [0.05, 0.1) is 4.75 Å². The zero-order chi connectivity index (χ0) is 17.5. The maximum Gasteiger partial charge on any atom is 0.191 e. The smallest absolute Gasteiger partial charge is 0.191 e. The van der Waals surface area contributed by atoms with Crippen molar-refractivity contribution in [1.29, 1.82) is 0 Å². The van der Waals surface area contributed by atoms with E-state index in [0.717, 1.165) is 13.1 Å². The van der Waals surface area contributed by atoms with E-state index < -0.39 is 14.6 Å². The van der Waals surface area contributed by atoms with Gasteiger partial charge < -0.3 is 20.3 Å². The van der Waals surface area contributed by atoms with E-state index in [0.29, 0.717) is 38.6 Å². The van der Waals surface area contributed by atoms with Gasteiger partial charge in [-0.05, 0) is 38.8 Å². The fraction of sp³-hybridized carbons (Fsp3) is 0.938. The van der Waals surface area contributed by atoms with Crippen LogP contribution in [0.4, 0.5) is 0 Å². The van der Waals surface area contributed by atoms with Gasteiger partial charge in [0.1, 0.15) is 0 Å². The van der Waals surface area contributed by atoms with Crippen LogP contribution in [0.25, 0.3) is 0 Å². The van der Waals surface area contributed by atoms with E-state index in [-0.39, 0.29) is 0 Å². The molecule has 2 rings (SSSR count). The van der Waals surface area contributed by atoms with Gasteiger partial charge in [-0.25, -0.2) is 8.42 Å². The molecule has 0 aromatic carbocycles. The highest BCUT2D eigenvalue weighted by Gasteiger charge is 2.42. The van der Waals surface area contributed by atoms with Crippen molar-refractivity contribution < 1.29 is 13.2 Å². The number of piperidine rings is 1. The zero-order valence-electron chi connectivity index (χ0n) is 15.0. The molecule has 24 heavy (non-hydrogen) atoms. The molecule has 2 aliphatic heterocycles. The molecule has 0 bridgehead atoms. The van der Waals surface area contributed by atoms with Crippen LogP contribution in [0.2, 0.25) is 0 Å². The highest BCUT2D eigenvalue weighted by atomic mass is 32.2. The minimum absolute atomic E-state index is 0.374. The quantitative estimate of drug-likeness (QED) is 0.521. The van der Waals surface area contributed by atoms with Crippen LogP contribution in [0.15, 0.2) is 4.99 Å². The molecular weight excluding hydrogens is 328 g/mol. The summed E-state index contributed by atoms with van der Waals surface area (Å²) in [7, 11) is -1.45. The first-order valence-electron chi connectivity index (χ1n) is 8.91. The van der Waals surface area contributed by atoms with Crippen molar-refractivity contribution in [1.82, 2.24) is 15.5 Å². The first-order chi connectivity index (χ1) is 11.5. The molecule has 0 aromatic heterocycles. The second-order valence-electron chi connectivity index (χ2n) is 6.82. The Balaban J connectivity index is 1.81. The lowest BCUT2D eigenvalue weighted by atomic mass is 9.99. The number of hydrogen-bond donors (Lipinski definition) is 2. The molecule has 2 N–H and O–H groups in total. The van der Waals surface area contributed by atoms with E-state index in [1.54, 1.807) is 7.05 Å². The van der Waals surface area contributed by atoms with Crippen LogP contribution in [0.1, 0.15) is 32.1 Å². The molecule has 0 unspecified atom stereocenters. The van der Waals surface area contributed by atoms with Crippen molar-refractivity contribution in [2.45, 2.75) is 36.9 Å². The summed E-state index contributed by atoms with van der Waals surface area (Å²) in [5.74, 6) is 0.668. The summed E-state index contributed by atoms with van der Waals surface area (Å²) in [5.41, 5.74) is 0. The maximum atomic E-state index is 12.3. The molecule has 7 nitrogen and oxygen atoms in total. The summed E-state index contributed by atoms with van der Waals surface area (Å²) in [5, 5.41) is 6.51. The molecule has 2 aliphatic rings. The number of nitrogens with one attached hydrogen (secondary N) is 2. The molecule has 0 atom stereocenters. The van der Waals surface area contributed by atoms with Crippen LogP contribution in [-0.2, 0) is 14.6 Å². The summed E-state index contributed by atoms with van der Waals surface area (Å²) in [6.07, 6.45) is 6.29. The SMILES string of the molecule is CN=C(NCCN1CCCCC1)NCC1(S(C)(=O)=O)CCOCC1. The van der Waals surface area contributed by atoms with E-state index in [9.17, 15) is 8.42 Å². The lowest BCUT2D eigenvalue weighted by molar-refractivity contribution is 0.0756. The van der Waals surface area contributed by atoms with Gasteiger partial charge in [-0.15, -0.1) is 0 Å². The number of likely N-dealkylation sites (tertiary alicyclic amines) is 1. The summed E-state index contributed by atoms with van der Waals surface area (Å²) in [4.78, 5) is 6.68. The van der Waals surface area contributed by atoms with Crippen molar-refractivity contribution in [3.63, 3.8) is 0 Å². The van der Waals surface area contributed by atoms with Gasteiger partial charge in [-0.3, -0.25) is 4.99 Å². The van der Waals surface area contributed by atoms with Crippen molar-refractivity contribution in [3.05, 3.63) is 0 Å². The van der Waals surface area contributed by atoms with Crippen molar-refractivity contribution in [3.8, 4) is 0 Å². The molecule has 2 fully saturated rings. The van der Waals surface area contributed by atoms with Gasteiger partial charge in [-0.1, -0.05) is 6.42 Å².